The van der Waals surface area contributed by atoms with E-state index in [0.717, 1.165) is 51.4 Å². The molecule has 0 radical (unpaired) electrons. The third-order valence-corrected chi connectivity index (χ3v) is 13.2. The van der Waals surface area contributed by atoms with Crippen LogP contribution in [-0.2, 0) is 14.9 Å². The van der Waals surface area contributed by atoms with Crippen LogP contribution in [0.2, 0.25) is 0 Å². The summed E-state index contributed by atoms with van der Waals surface area (Å²) in [5.41, 5.74) is 0.0955. The fraction of sp³-hybridized carbons (Fsp3) is 0.966. The van der Waals surface area contributed by atoms with Crippen molar-refractivity contribution in [2.24, 2.45) is 46.3 Å². The maximum Gasteiger partial charge on any atom is 0.222 e. The molecule has 0 aromatic carbocycles. The Morgan fingerprint density at radius 1 is 1.05 bits per heavy atom. The number of amides is 1. The number of hydrogen-bond donors (Lipinski definition) is 2. The summed E-state index contributed by atoms with van der Waals surface area (Å²) >= 11 is 0. The second kappa shape index (κ2) is 10.0. The van der Waals surface area contributed by atoms with E-state index in [2.05, 4.69) is 20.8 Å². The van der Waals surface area contributed by atoms with Gasteiger partial charge in [-0.05, 0) is 117 Å². The van der Waals surface area contributed by atoms with Crippen molar-refractivity contribution >= 4 is 16.0 Å². The molecule has 5 rings (SSSR count). The number of carbonyl (C=O) groups excluding carboxylic acids is 1. The van der Waals surface area contributed by atoms with Crippen LogP contribution in [0.3, 0.4) is 0 Å². The zero-order chi connectivity index (χ0) is 26.8. The maximum absolute atomic E-state index is 13.0. The summed E-state index contributed by atoms with van der Waals surface area (Å²) in [5, 5.41) is 22.0. The highest BCUT2D eigenvalue weighted by Crippen LogP contribution is 2.68. The van der Waals surface area contributed by atoms with E-state index in [1.54, 1.807) is 4.90 Å². The van der Waals surface area contributed by atoms with Crippen LogP contribution >= 0.6 is 0 Å². The lowest BCUT2D eigenvalue weighted by Crippen LogP contribution is -2.58. The molecule has 0 aromatic heterocycles. The van der Waals surface area contributed by atoms with Crippen molar-refractivity contribution in [3.05, 3.63) is 0 Å². The summed E-state index contributed by atoms with van der Waals surface area (Å²) in [6.45, 7) is 7.53. The number of likely N-dealkylation sites (tertiary alicyclic amines) is 1. The Morgan fingerprint density at radius 3 is 2.54 bits per heavy atom. The van der Waals surface area contributed by atoms with E-state index in [0.29, 0.717) is 54.9 Å². The largest absolute Gasteiger partial charge is 0.748 e. The van der Waals surface area contributed by atoms with Gasteiger partial charge in [-0.25, -0.2) is 8.42 Å². The van der Waals surface area contributed by atoms with Gasteiger partial charge in [-0.3, -0.25) is 4.79 Å². The third kappa shape index (κ3) is 4.91. The maximum atomic E-state index is 13.0. The predicted molar refractivity (Wildman–Crippen MR) is 140 cm³/mol. The van der Waals surface area contributed by atoms with Gasteiger partial charge in [0.2, 0.25) is 5.91 Å². The summed E-state index contributed by atoms with van der Waals surface area (Å²) in [5.74, 6) is 2.41. The van der Waals surface area contributed by atoms with E-state index >= 15 is 0 Å². The van der Waals surface area contributed by atoms with Crippen molar-refractivity contribution in [1.82, 2.24) is 4.90 Å². The lowest BCUT2D eigenvalue weighted by atomic mass is 9.43. The Balaban J connectivity index is 1.24. The van der Waals surface area contributed by atoms with Crippen LogP contribution in [0.15, 0.2) is 0 Å². The molecule has 5 fully saturated rings. The van der Waals surface area contributed by atoms with Crippen LogP contribution in [0.25, 0.3) is 0 Å². The van der Waals surface area contributed by atoms with Crippen molar-refractivity contribution in [2.45, 2.75) is 116 Å². The van der Waals surface area contributed by atoms with E-state index < -0.39 is 21.9 Å². The Morgan fingerprint density at radius 2 is 1.81 bits per heavy atom. The molecule has 8 heteroatoms. The van der Waals surface area contributed by atoms with Crippen molar-refractivity contribution in [2.75, 3.05) is 12.3 Å². The summed E-state index contributed by atoms with van der Waals surface area (Å²) in [6, 6.07) is -0.479. The highest BCUT2D eigenvalue weighted by molar-refractivity contribution is 7.85. The molecule has 0 bridgehead atoms. The van der Waals surface area contributed by atoms with Crippen LogP contribution in [-0.4, -0.2) is 64.5 Å². The van der Waals surface area contributed by atoms with Crippen LogP contribution in [0.1, 0.15) is 97.8 Å². The molecule has 4 aliphatic carbocycles. The summed E-state index contributed by atoms with van der Waals surface area (Å²) in [7, 11) is -4.35. The standard InChI is InChI=1S/C29H49NO6S/c1-18(6-11-27(33)30-14-4-5-20(30)17-37(34,35)36)23-9-10-24-22-8-7-19-15-21(31)12-13-28(19,2)25(22)16-26(32)29(23,24)3/h18-26,31-32H,4-17H2,1-3H3,(H,34,35,36)/p-1/t18-,19-,20+,21-,22+,23-,24+,25+,26+,28+,29-/m1/s1. The highest BCUT2D eigenvalue weighted by atomic mass is 32.2. The van der Waals surface area contributed by atoms with Gasteiger partial charge in [0.15, 0.2) is 0 Å². The van der Waals surface area contributed by atoms with Gasteiger partial charge in [0, 0.05) is 19.0 Å². The normalized spacial score (nSPS) is 46.7. The fourth-order valence-corrected chi connectivity index (χ4v) is 11.2. The number of hydrogen-bond acceptors (Lipinski definition) is 6. The molecular weight excluding hydrogens is 490 g/mol. The fourth-order valence-electron chi connectivity index (χ4n) is 10.4. The molecule has 1 saturated heterocycles. The molecule has 0 aromatic rings. The molecule has 1 heterocycles. The van der Waals surface area contributed by atoms with E-state index in [4.69, 9.17) is 0 Å². The third-order valence-electron chi connectivity index (χ3n) is 12.4. The summed E-state index contributed by atoms with van der Waals surface area (Å²) in [6.07, 6.45) is 10.3. The number of rotatable bonds is 6. The van der Waals surface area contributed by atoms with Gasteiger partial charge in [0.25, 0.3) is 0 Å². The molecule has 37 heavy (non-hydrogen) atoms. The molecule has 212 valence electrons. The molecule has 1 aliphatic heterocycles. The number of fused-ring (bicyclic) bond motifs is 5. The SMILES string of the molecule is C[C@H](CCC(=O)N1CCC[C@H]1CS(=O)(=O)[O-])[C@H]1CC[C@H]2[C@@H]3CC[C@@H]4C[C@H](O)CC[C@]4(C)[C@H]3C[C@H](O)[C@]12C. The van der Waals surface area contributed by atoms with Crippen LogP contribution < -0.4 is 0 Å². The highest BCUT2D eigenvalue weighted by Gasteiger charge is 2.63. The van der Waals surface area contributed by atoms with Gasteiger partial charge < -0.3 is 19.7 Å². The lowest BCUT2D eigenvalue weighted by Gasteiger charge is -2.62. The minimum Gasteiger partial charge on any atom is -0.748 e. The van der Waals surface area contributed by atoms with Gasteiger partial charge in [-0.15, -0.1) is 0 Å². The first kappa shape index (κ1) is 27.9. The smallest absolute Gasteiger partial charge is 0.222 e. The molecule has 0 spiro atoms. The van der Waals surface area contributed by atoms with Crippen LogP contribution in [0.5, 0.6) is 0 Å². The van der Waals surface area contributed by atoms with Gasteiger partial charge >= 0.3 is 0 Å². The van der Waals surface area contributed by atoms with E-state index in [9.17, 15) is 28.0 Å². The zero-order valence-electron chi connectivity index (χ0n) is 23.0. The lowest BCUT2D eigenvalue weighted by molar-refractivity contribution is -0.175. The van der Waals surface area contributed by atoms with Gasteiger partial charge in [0.1, 0.15) is 0 Å². The van der Waals surface area contributed by atoms with E-state index in [1.165, 1.54) is 12.8 Å². The molecule has 4 saturated carbocycles. The second-order valence-electron chi connectivity index (χ2n) is 14.0. The minimum absolute atomic E-state index is 0.0345. The summed E-state index contributed by atoms with van der Waals surface area (Å²) < 4.78 is 33.8. The molecule has 1 amide bonds. The first-order chi connectivity index (χ1) is 17.3. The predicted octanol–water partition coefficient (Wildman–Crippen LogP) is 3.93. The second-order valence-corrected chi connectivity index (χ2v) is 15.5. The topological polar surface area (TPSA) is 118 Å². The van der Waals surface area contributed by atoms with E-state index in [-0.39, 0.29) is 28.9 Å². The number of aliphatic hydroxyl groups is 2. The molecule has 2 N–H and O–H groups in total. The molecule has 11 atom stereocenters. The van der Waals surface area contributed by atoms with Crippen molar-refractivity contribution < 1.29 is 28.0 Å². The van der Waals surface area contributed by atoms with E-state index in [1.807, 2.05) is 0 Å². The molecule has 5 aliphatic rings. The first-order valence-corrected chi connectivity index (χ1v) is 16.5. The average molecular weight is 539 g/mol. The number of nitrogens with zero attached hydrogens (tertiary/aromatic N) is 1. The first-order valence-electron chi connectivity index (χ1n) is 14.9. The molecule has 0 unspecified atom stereocenters. The molecular formula is C29H48NO6S-. The van der Waals surface area contributed by atoms with Crippen LogP contribution in [0, 0.1) is 46.3 Å². The summed E-state index contributed by atoms with van der Waals surface area (Å²) in [4.78, 5) is 14.7. The number of carbonyl (C=O) groups is 1. The van der Waals surface area contributed by atoms with Crippen molar-refractivity contribution in [1.29, 1.82) is 0 Å². The molecule has 7 nitrogen and oxygen atoms in total. The van der Waals surface area contributed by atoms with Crippen molar-refractivity contribution in [3.63, 3.8) is 0 Å². The Bertz CT molecular complexity index is 971. The Labute approximate surface area is 223 Å². The zero-order valence-corrected chi connectivity index (χ0v) is 23.8. The average Bonchev–Trinajstić information content (AvgIpc) is 3.42. The quantitative estimate of drug-likeness (QED) is 0.495. The Hall–Kier alpha value is -0.700. The van der Waals surface area contributed by atoms with Crippen molar-refractivity contribution in [3.8, 4) is 0 Å². The minimum atomic E-state index is -4.35. The Kier molecular flexibility index (Phi) is 7.56. The number of aliphatic hydroxyl groups excluding tert-OH is 2. The van der Waals surface area contributed by atoms with Gasteiger partial charge in [-0.1, -0.05) is 20.8 Å². The van der Waals surface area contributed by atoms with Gasteiger partial charge in [-0.2, -0.15) is 0 Å². The van der Waals surface area contributed by atoms with Crippen LogP contribution in [0.4, 0.5) is 0 Å². The van der Waals surface area contributed by atoms with Gasteiger partial charge in [0.05, 0.1) is 28.1 Å². The monoisotopic (exact) mass is 538 g/mol.